The zero-order valence-corrected chi connectivity index (χ0v) is 13.7. The zero-order chi connectivity index (χ0) is 17.5. The molecule has 0 unspecified atom stereocenters. The molecule has 0 radical (unpaired) electrons. The van der Waals surface area contributed by atoms with E-state index < -0.39 is 0 Å². The average Bonchev–Trinajstić information content (AvgIpc) is 2.66. The third-order valence-electron chi connectivity index (χ3n) is 3.89. The van der Waals surface area contributed by atoms with E-state index in [9.17, 15) is 10.1 Å². The Morgan fingerprint density at radius 3 is 2.72 bits per heavy atom. The second-order valence-electron chi connectivity index (χ2n) is 5.71. The minimum absolute atomic E-state index is 0.0855. The van der Waals surface area contributed by atoms with Crippen LogP contribution in [0.5, 0.6) is 5.75 Å². The largest absolute Gasteiger partial charge is 0.488 e. The molecule has 0 spiro atoms. The fourth-order valence-electron chi connectivity index (χ4n) is 2.61. The third-order valence-corrected chi connectivity index (χ3v) is 3.89. The van der Waals surface area contributed by atoms with Crippen LogP contribution in [-0.2, 0) is 11.2 Å². The molecule has 2 aromatic rings. The Labute approximate surface area is 147 Å². The molecular weight excluding hydrogens is 312 g/mol. The lowest BCUT2D eigenvalue weighted by Crippen LogP contribution is -2.27. The van der Waals surface area contributed by atoms with E-state index >= 15 is 0 Å². The average molecular weight is 330 g/mol. The number of ether oxygens (including phenoxy) is 1. The maximum Gasteiger partial charge on any atom is 0.261 e. The SMILES string of the molecule is N#C/C(=C\C1=Cc2ccccc2OC1)C(=O)NCCc1ccccc1. The monoisotopic (exact) mass is 330 g/mol. The Bertz CT molecular complexity index is 861. The van der Waals surface area contributed by atoms with Crippen molar-refractivity contribution in [3.05, 3.63) is 82.9 Å². The number of nitrogens with zero attached hydrogens (tertiary/aromatic N) is 1. The Morgan fingerprint density at radius 1 is 1.16 bits per heavy atom. The molecule has 0 saturated carbocycles. The minimum Gasteiger partial charge on any atom is -0.488 e. The second kappa shape index (κ2) is 7.98. The van der Waals surface area contributed by atoms with Crippen molar-refractivity contribution in [1.29, 1.82) is 5.26 Å². The quantitative estimate of drug-likeness (QED) is 0.676. The maximum absolute atomic E-state index is 12.2. The summed E-state index contributed by atoms with van der Waals surface area (Å²) in [5.41, 5.74) is 2.97. The fraction of sp³-hybridized carbons (Fsp3) is 0.143. The van der Waals surface area contributed by atoms with Crippen LogP contribution in [0.1, 0.15) is 11.1 Å². The number of hydrogen-bond acceptors (Lipinski definition) is 3. The van der Waals surface area contributed by atoms with E-state index in [1.165, 1.54) is 0 Å². The Morgan fingerprint density at radius 2 is 1.92 bits per heavy atom. The minimum atomic E-state index is -0.363. The maximum atomic E-state index is 12.2. The van der Waals surface area contributed by atoms with Crippen LogP contribution >= 0.6 is 0 Å². The summed E-state index contributed by atoms with van der Waals surface area (Å²) in [4.78, 5) is 12.2. The van der Waals surface area contributed by atoms with Crippen LogP contribution in [0.3, 0.4) is 0 Å². The summed E-state index contributed by atoms with van der Waals surface area (Å²) < 4.78 is 5.65. The topological polar surface area (TPSA) is 62.1 Å². The van der Waals surface area contributed by atoms with Crippen LogP contribution in [-0.4, -0.2) is 19.1 Å². The van der Waals surface area contributed by atoms with Crippen molar-refractivity contribution < 1.29 is 9.53 Å². The van der Waals surface area contributed by atoms with Crippen LogP contribution < -0.4 is 10.1 Å². The highest BCUT2D eigenvalue weighted by Gasteiger charge is 2.13. The van der Waals surface area contributed by atoms with Crippen LogP contribution in [0.4, 0.5) is 0 Å². The smallest absolute Gasteiger partial charge is 0.261 e. The van der Waals surface area contributed by atoms with E-state index in [1.807, 2.05) is 66.7 Å². The molecule has 0 atom stereocenters. The number of benzene rings is 2. The number of nitrogens with one attached hydrogen (secondary N) is 1. The van der Waals surface area contributed by atoms with Crippen molar-refractivity contribution in [1.82, 2.24) is 5.32 Å². The van der Waals surface area contributed by atoms with Crippen molar-refractivity contribution in [2.24, 2.45) is 0 Å². The zero-order valence-electron chi connectivity index (χ0n) is 13.7. The van der Waals surface area contributed by atoms with E-state index in [0.29, 0.717) is 13.2 Å². The molecule has 2 aromatic carbocycles. The number of carbonyl (C=O) groups is 1. The molecule has 4 heteroatoms. The molecule has 1 heterocycles. The van der Waals surface area contributed by atoms with Gasteiger partial charge in [0.1, 0.15) is 24.0 Å². The fourth-order valence-corrected chi connectivity index (χ4v) is 2.61. The molecule has 0 fully saturated rings. The number of rotatable bonds is 5. The molecule has 25 heavy (non-hydrogen) atoms. The first-order valence-corrected chi connectivity index (χ1v) is 8.12. The van der Waals surface area contributed by atoms with E-state index in [1.54, 1.807) is 6.08 Å². The van der Waals surface area contributed by atoms with Gasteiger partial charge in [-0.2, -0.15) is 5.26 Å². The Balaban J connectivity index is 1.64. The highest BCUT2D eigenvalue weighted by atomic mass is 16.5. The molecule has 1 aliphatic heterocycles. The number of amides is 1. The molecule has 1 N–H and O–H groups in total. The summed E-state index contributed by atoms with van der Waals surface area (Å²) in [6, 6.07) is 19.5. The lowest BCUT2D eigenvalue weighted by atomic mass is 10.1. The van der Waals surface area contributed by atoms with Gasteiger partial charge in [0.2, 0.25) is 0 Å². The molecule has 0 aliphatic carbocycles. The van der Waals surface area contributed by atoms with Crippen molar-refractivity contribution >= 4 is 12.0 Å². The summed E-state index contributed by atoms with van der Waals surface area (Å²) in [6.45, 7) is 0.833. The van der Waals surface area contributed by atoms with E-state index in [2.05, 4.69) is 5.32 Å². The van der Waals surface area contributed by atoms with Gasteiger partial charge >= 0.3 is 0 Å². The van der Waals surface area contributed by atoms with Gasteiger partial charge in [-0.15, -0.1) is 0 Å². The summed E-state index contributed by atoms with van der Waals surface area (Å²) in [7, 11) is 0. The van der Waals surface area contributed by atoms with Gasteiger partial charge in [-0.1, -0.05) is 48.5 Å². The first kappa shape index (κ1) is 16.5. The van der Waals surface area contributed by atoms with Crippen molar-refractivity contribution in [3.63, 3.8) is 0 Å². The van der Waals surface area contributed by atoms with Crippen LogP contribution in [0, 0.1) is 11.3 Å². The van der Waals surface area contributed by atoms with Crippen LogP contribution in [0.25, 0.3) is 6.08 Å². The summed E-state index contributed by atoms with van der Waals surface area (Å²) in [5.74, 6) is 0.448. The molecule has 124 valence electrons. The van der Waals surface area contributed by atoms with E-state index in [-0.39, 0.29) is 11.5 Å². The normalized spacial score (nSPS) is 13.1. The highest BCUT2D eigenvalue weighted by Crippen LogP contribution is 2.26. The summed E-state index contributed by atoms with van der Waals surface area (Å²) in [6.07, 6.45) is 4.26. The predicted octanol–water partition coefficient (Wildman–Crippen LogP) is 3.27. The van der Waals surface area contributed by atoms with Crippen molar-refractivity contribution in [2.45, 2.75) is 6.42 Å². The number of carbonyl (C=O) groups excluding carboxylic acids is 1. The summed E-state index contributed by atoms with van der Waals surface area (Å²) in [5, 5.41) is 12.1. The highest BCUT2D eigenvalue weighted by molar-refractivity contribution is 5.98. The first-order chi connectivity index (χ1) is 12.3. The number of fused-ring (bicyclic) bond motifs is 1. The standard InChI is InChI=1S/C21H18N2O2/c22-14-19(21(24)23-11-10-16-6-2-1-3-7-16)13-17-12-18-8-4-5-9-20(18)25-15-17/h1-9,12-13H,10-11,15H2,(H,23,24)/b19-13+. The lowest BCUT2D eigenvalue weighted by molar-refractivity contribution is -0.117. The molecular formula is C21H18N2O2. The first-order valence-electron chi connectivity index (χ1n) is 8.12. The number of nitriles is 1. The van der Waals surface area contributed by atoms with Gasteiger partial charge in [0.05, 0.1) is 0 Å². The van der Waals surface area contributed by atoms with Gasteiger partial charge in [-0.05, 0) is 35.8 Å². The number of para-hydroxylation sites is 1. The van der Waals surface area contributed by atoms with Crippen LogP contribution in [0.2, 0.25) is 0 Å². The lowest BCUT2D eigenvalue weighted by Gasteiger charge is -2.16. The van der Waals surface area contributed by atoms with Gasteiger partial charge < -0.3 is 10.1 Å². The van der Waals surface area contributed by atoms with E-state index in [0.717, 1.165) is 28.9 Å². The van der Waals surface area contributed by atoms with Gasteiger partial charge in [-0.25, -0.2) is 0 Å². The van der Waals surface area contributed by atoms with Gasteiger partial charge in [0.15, 0.2) is 0 Å². The van der Waals surface area contributed by atoms with Gasteiger partial charge in [-0.3, -0.25) is 4.79 Å². The number of hydrogen-bond donors (Lipinski definition) is 1. The molecule has 3 rings (SSSR count). The predicted molar refractivity (Wildman–Crippen MR) is 96.8 cm³/mol. The molecule has 0 aromatic heterocycles. The third kappa shape index (κ3) is 4.36. The molecule has 1 aliphatic rings. The summed E-state index contributed by atoms with van der Waals surface area (Å²) >= 11 is 0. The van der Waals surface area contributed by atoms with Gasteiger partial charge in [0, 0.05) is 12.1 Å². The Kier molecular flexibility index (Phi) is 5.28. The van der Waals surface area contributed by atoms with Crippen molar-refractivity contribution in [2.75, 3.05) is 13.2 Å². The van der Waals surface area contributed by atoms with Gasteiger partial charge in [0.25, 0.3) is 5.91 Å². The van der Waals surface area contributed by atoms with Crippen molar-refractivity contribution in [3.8, 4) is 11.8 Å². The van der Waals surface area contributed by atoms with Crippen LogP contribution in [0.15, 0.2) is 71.8 Å². The van der Waals surface area contributed by atoms with E-state index in [4.69, 9.17) is 4.74 Å². The molecule has 0 bridgehead atoms. The Hall–Kier alpha value is -3.32. The molecule has 1 amide bonds. The molecule has 0 saturated heterocycles. The molecule has 4 nitrogen and oxygen atoms in total. The second-order valence-corrected chi connectivity index (χ2v) is 5.71.